The van der Waals surface area contributed by atoms with Gasteiger partial charge in [-0.15, -0.1) is 0 Å². The van der Waals surface area contributed by atoms with Crippen LogP contribution in [0.1, 0.15) is 34.1 Å². The molecule has 1 aliphatic heterocycles. The molecule has 1 fully saturated rings. The molecule has 2 heterocycles. The van der Waals surface area contributed by atoms with Crippen LogP contribution in [0.25, 0.3) is 11.3 Å². The number of benzene rings is 2. The first kappa shape index (κ1) is 24.6. The molecule has 9 nitrogen and oxygen atoms in total. The summed E-state index contributed by atoms with van der Waals surface area (Å²) in [5.74, 6) is 0.886. The minimum Gasteiger partial charge on any atom is -0.493 e. The number of anilines is 1. The summed E-state index contributed by atoms with van der Waals surface area (Å²) < 4.78 is 42.1. The summed E-state index contributed by atoms with van der Waals surface area (Å²) >= 11 is 0. The predicted octanol–water partition coefficient (Wildman–Crippen LogP) is 3.80. The summed E-state index contributed by atoms with van der Waals surface area (Å²) in [5, 5.41) is 7.38. The molecule has 0 aliphatic carbocycles. The van der Waals surface area contributed by atoms with Crippen molar-refractivity contribution in [2.45, 2.75) is 26.3 Å². The second kappa shape index (κ2) is 9.61. The van der Waals surface area contributed by atoms with Gasteiger partial charge in [-0.3, -0.25) is 9.48 Å². The minimum atomic E-state index is -3.14. The zero-order chi connectivity index (χ0) is 25.3. The van der Waals surface area contributed by atoms with Crippen molar-refractivity contribution in [1.82, 2.24) is 9.78 Å². The molecule has 1 N–H and O–H groups in total. The lowest BCUT2D eigenvalue weighted by Gasteiger charge is -2.14. The molecule has 186 valence electrons. The van der Waals surface area contributed by atoms with E-state index < -0.39 is 15.7 Å². The van der Waals surface area contributed by atoms with Crippen molar-refractivity contribution >= 4 is 21.4 Å². The number of nitrogens with one attached hydrogen (secondary N) is 1. The van der Waals surface area contributed by atoms with Gasteiger partial charge in [0.15, 0.2) is 27.0 Å². The lowest BCUT2D eigenvalue weighted by atomic mass is 10.0. The average molecular weight is 500 g/mol. The predicted molar refractivity (Wildman–Crippen MR) is 133 cm³/mol. The van der Waals surface area contributed by atoms with Gasteiger partial charge in [-0.2, -0.15) is 5.10 Å². The van der Waals surface area contributed by atoms with Crippen molar-refractivity contribution in [3.8, 4) is 28.5 Å². The normalized spacial score (nSPS) is 16.7. The first-order valence-corrected chi connectivity index (χ1v) is 13.0. The molecule has 4 rings (SSSR count). The van der Waals surface area contributed by atoms with Gasteiger partial charge in [0.1, 0.15) is 0 Å². The Kier molecular flexibility index (Phi) is 6.75. The Labute approximate surface area is 204 Å². The number of hydrogen-bond donors (Lipinski definition) is 1. The van der Waals surface area contributed by atoms with Gasteiger partial charge >= 0.3 is 0 Å². The summed E-state index contributed by atoms with van der Waals surface area (Å²) in [6, 6.07) is 10.6. The highest BCUT2D eigenvalue weighted by Gasteiger charge is 2.32. The Hall–Kier alpha value is -3.53. The molecule has 35 heavy (non-hydrogen) atoms. The van der Waals surface area contributed by atoms with Crippen LogP contribution in [-0.2, 0) is 9.84 Å². The van der Waals surface area contributed by atoms with Gasteiger partial charge in [0.05, 0.1) is 44.6 Å². The fraction of sp³-hybridized carbons (Fsp3) is 0.360. The zero-order valence-electron chi connectivity index (χ0n) is 20.4. The zero-order valence-corrected chi connectivity index (χ0v) is 21.2. The maximum atomic E-state index is 13.2. The summed E-state index contributed by atoms with van der Waals surface area (Å²) in [5.41, 5.74) is 4.43. The summed E-state index contributed by atoms with van der Waals surface area (Å²) in [7, 11) is 1.35. The van der Waals surface area contributed by atoms with Crippen molar-refractivity contribution < 1.29 is 27.4 Å². The van der Waals surface area contributed by atoms with E-state index in [0.29, 0.717) is 35.1 Å². The Balaban J connectivity index is 1.72. The van der Waals surface area contributed by atoms with E-state index in [9.17, 15) is 13.2 Å². The van der Waals surface area contributed by atoms with Gasteiger partial charge in [0.25, 0.3) is 5.91 Å². The molecule has 1 saturated heterocycles. The molecule has 1 amide bonds. The monoisotopic (exact) mass is 499 g/mol. The third-order valence-electron chi connectivity index (χ3n) is 6.25. The Morgan fingerprint density at radius 1 is 1.00 bits per heavy atom. The number of amides is 1. The number of aromatic nitrogens is 2. The number of carbonyl (C=O) groups excluding carboxylic acids is 1. The standard InChI is InChI=1S/C25H29N3O6S/c1-15-6-7-17(10-16(15)2)21-13-20(27-28(21)19-8-9-35(30,31)14-19)25(29)26-18-11-22(32-3)24(34-5)23(12-18)33-4/h6-7,10-13,19H,8-9,14H2,1-5H3,(H,26,29)/t19-/m0/s1. The van der Waals surface area contributed by atoms with E-state index in [2.05, 4.69) is 10.4 Å². The summed E-state index contributed by atoms with van der Waals surface area (Å²) in [6.45, 7) is 4.04. The van der Waals surface area contributed by atoms with Crippen molar-refractivity contribution in [1.29, 1.82) is 0 Å². The minimum absolute atomic E-state index is 0.000456. The third kappa shape index (κ3) is 4.97. The molecule has 1 aromatic heterocycles. The SMILES string of the molecule is COc1cc(NC(=O)c2cc(-c3ccc(C)c(C)c3)n([C@H]3CCS(=O)(=O)C3)n2)cc(OC)c1OC. The number of hydrogen-bond acceptors (Lipinski definition) is 7. The fourth-order valence-electron chi connectivity index (χ4n) is 4.22. The molecular weight excluding hydrogens is 470 g/mol. The number of methoxy groups -OCH3 is 3. The van der Waals surface area contributed by atoms with E-state index in [1.165, 1.54) is 21.3 Å². The fourth-order valence-corrected chi connectivity index (χ4v) is 5.91. The van der Waals surface area contributed by atoms with Crippen LogP contribution in [0.15, 0.2) is 36.4 Å². The highest BCUT2D eigenvalue weighted by molar-refractivity contribution is 7.91. The van der Waals surface area contributed by atoms with Gasteiger partial charge in [-0.25, -0.2) is 8.42 Å². The smallest absolute Gasteiger partial charge is 0.276 e. The van der Waals surface area contributed by atoms with E-state index in [1.807, 2.05) is 32.0 Å². The summed E-state index contributed by atoms with van der Waals surface area (Å²) in [4.78, 5) is 13.2. The maximum absolute atomic E-state index is 13.2. The molecule has 10 heteroatoms. The van der Waals surface area contributed by atoms with Crippen LogP contribution in [0, 0.1) is 13.8 Å². The van der Waals surface area contributed by atoms with Gasteiger partial charge < -0.3 is 19.5 Å². The van der Waals surface area contributed by atoms with Crippen molar-refractivity contribution in [3.63, 3.8) is 0 Å². The molecule has 1 aliphatic rings. The first-order chi connectivity index (χ1) is 16.7. The molecule has 3 aromatic rings. The largest absolute Gasteiger partial charge is 0.493 e. The number of carbonyl (C=O) groups is 1. The van der Waals surface area contributed by atoms with E-state index in [4.69, 9.17) is 14.2 Å². The van der Waals surface area contributed by atoms with E-state index >= 15 is 0 Å². The molecule has 1 atom stereocenters. The molecule has 0 saturated carbocycles. The highest BCUT2D eigenvalue weighted by Crippen LogP contribution is 2.40. The van der Waals surface area contributed by atoms with Crippen LogP contribution in [0.4, 0.5) is 5.69 Å². The lowest BCUT2D eigenvalue weighted by molar-refractivity contribution is 0.102. The topological polar surface area (TPSA) is 109 Å². The van der Waals surface area contributed by atoms with Crippen molar-refractivity contribution in [3.05, 3.63) is 53.2 Å². The Morgan fingerprint density at radius 2 is 1.69 bits per heavy atom. The number of ether oxygens (including phenoxy) is 3. The van der Waals surface area contributed by atoms with Crippen LogP contribution in [0.5, 0.6) is 17.2 Å². The lowest BCUT2D eigenvalue weighted by Crippen LogP contribution is -2.16. The van der Waals surface area contributed by atoms with Gasteiger partial charge in [-0.05, 0) is 43.5 Å². The van der Waals surface area contributed by atoms with Gasteiger partial charge in [-0.1, -0.05) is 12.1 Å². The molecule has 0 bridgehead atoms. The van der Waals surface area contributed by atoms with Crippen molar-refractivity contribution in [2.75, 3.05) is 38.2 Å². The van der Waals surface area contributed by atoms with Crippen LogP contribution in [0.2, 0.25) is 0 Å². The Morgan fingerprint density at radius 3 is 2.23 bits per heavy atom. The number of nitrogens with zero attached hydrogens (tertiary/aromatic N) is 2. The summed E-state index contributed by atoms with van der Waals surface area (Å²) in [6.07, 6.45) is 0.454. The highest BCUT2D eigenvalue weighted by atomic mass is 32.2. The molecule has 0 radical (unpaired) electrons. The van der Waals surface area contributed by atoms with E-state index in [0.717, 1.165) is 16.7 Å². The first-order valence-electron chi connectivity index (χ1n) is 11.1. The molecule has 0 spiro atoms. The van der Waals surface area contributed by atoms with Gasteiger partial charge in [0.2, 0.25) is 5.75 Å². The third-order valence-corrected chi connectivity index (χ3v) is 8.00. The molecular formula is C25H29N3O6S. The van der Waals surface area contributed by atoms with Crippen LogP contribution in [-0.4, -0.2) is 56.9 Å². The Bertz CT molecular complexity index is 1350. The van der Waals surface area contributed by atoms with Crippen molar-refractivity contribution in [2.24, 2.45) is 0 Å². The van der Waals surface area contributed by atoms with Crippen LogP contribution in [0.3, 0.4) is 0 Å². The van der Waals surface area contributed by atoms with Crippen LogP contribution < -0.4 is 19.5 Å². The number of sulfone groups is 1. The number of rotatable bonds is 7. The second-order valence-electron chi connectivity index (χ2n) is 8.58. The van der Waals surface area contributed by atoms with E-state index in [1.54, 1.807) is 22.9 Å². The van der Waals surface area contributed by atoms with Crippen LogP contribution >= 0.6 is 0 Å². The molecule has 0 unspecified atom stereocenters. The quantitative estimate of drug-likeness (QED) is 0.527. The average Bonchev–Trinajstić information content (AvgIpc) is 3.43. The van der Waals surface area contributed by atoms with E-state index in [-0.39, 0.29) is 23.2 Å². The second-order valence-corrected chi connectivity index (χ2v) is 10.8. The maximum Gasteiger partial charge on any atom is 0.276 e. The molecule has 2 aromatic carbocycles. The number of aryl methyl sites for hydroxylation is 2. The van der Waals surface area contributed by atoms with Gasteiger partial charge in [0, 0.05) is 23.4 Å².